The standard InChI is InChI=1S/C29H25N3O6S/c1-17-2-8-22-25(12-17)39-28(31-22)18-3-5-20(6-4-18)30-26(33)16-38-29(35)19-13-27(34)32(15-19)21-7-9-23-24(14-21)37-11-10-36-23/h2-9,12,14,19H,10-11,13,15-16H2,1H3,(H,30,33)/t19-/m0/s1. The molecule has 0 radical (unpaired) electrons. The SMILES string of the molecule is Cc1ccc2nc(-c3ccc(NC(=O)COC(=O)[C@H]4CC(=O)N(c5ccc6c(c5)OCCO6)C4)cc3)sc2c1. The minimum absolute atomic E-state index is 0.0156. The zero-order valence-electron chi connectivity index (χ0n) is 21.1. The fraction of sp³-hybridized carbons (Fsp3) is 0.241. The molecule has 1 aromatic heterocycles. The molecule has 39 heavy (non-hydrogen) atoms. The van der Waals surface area contributed by atoms with Crippen LogP contribution in [0.2, 0.25) is 0 Å². The summed E-state index contributed by atoms with van der Waals surface area (Å²) in [6.07, 6.45) is 0.0156. The van der Waals surface area contributed by atoms with Crippen molar-refractivity contribution in [2.24, 2.45) is 5.92 Å². The van der Waals surface area contributed by atoms with Gasteiger partial charge in [0.1, 0.15) is 18.2 Å². The van der Waals surface area contributed by atoms with E-state index in [1.807, 2.05) is 24.3 Å². The van der Waals surface area contributed by atoms with Crippen molar-refractivity contribution in [3.63, 3.8) is 0 Å². The average Bonchev–Trinajstić information content (AvgIpc) is 3.55. The quantitative estimate of drug-likeness (QED) is 0.355. The number of carbonyl (C=O) groups is 3. The van der Waals surface area contributed by atoms with Crippen molar-refractivity contribution in [1.82, 2.24) is 4.98 Å². The third-order valence-electron chi connectivity index (χ3n) is 6.60. The summed E-state index contributed by atoms with van der Waals surface area (Å²) in [6.45, 7) is 2.70. The highest BCUT2D eigenvalue weighted by Crippen LogP contribution is 2.36. The van der Waals surface area contributed by atoms with Crippen molar-refractivity contribution in [2.45, 2.75) is 13.3 Å². The summed E-state index contributed by atoms with van der Waals surface area (Å²) in [5.74, 6) is -0.700. The predicted molar refractivity (Wildman–Crippen MR) is 147 cm³/mol. The molecular weight excluding hydrogens is 518 g/mol. The maximum Gasteiger partial charge on any atom is 0.311 e. The van der Waals surface area contributed by atoms with Crippen molar-refractivity contribution in [1.29, 1.82) is 0 Å². The van der Waals surface area contributed by atoms with Crippen LogP contribution in [0.1, 0.15) is 12.0 Å². The Labute approximate surface area is 228 Å². The van der Waals surface area contributed by atoms with E-state index in [-0.39, 0.29) is 18.9 Å². The highest BCUT2D eigenvalue weighted by atomic mass is 32.1. The van der Waals surface area contributed by atoms with Crippen molar-refractivity contribution in [3.8, 4) is 22.1 Å². The number of fused-ring (bicyclic) bond motifs is 2. The smallest absolute Gasteiger partial charge is 0.311 e. The molecule has 3 heterocycles. The molecule has 1 N–H and O–H groups in total. The van der Waals surface area contributed by atoms with Gasteiger partial charge in [0.05, 0.1) is 16.1 Å². The Balaban J connectivity index is 1.02. The Morgan fingerprint density at radius 3 is 2.67 bits per heavy atom. The topological polar surface area (TPSA) is 107 Å². The largest absolute Gasteiger partial charge is 0.486 e. The highest BCUT2D eigenvalue weighted by molar-refractivity contribution is 7.21. The van der Waals surface area contributed by atoms with Crippen LogP contribution in [0, 0.1) is 12.8 Å². The highest BCUT2D eigenvalue weighted by Gasteiger charge is 2.36. The summed E-state index contributed by atoms with van der Waals surface area (Å²) in [7, 11) is 0. The van der Waals surface area contributed by atoms with E-state index in [9.17, 15) is 14.4 Å². The third kappa shape index (κ3) is 5.28. The molecule has 0 aliphatic carbocycles. The summed E-state index contributed by atoms with van der Waals surface area (Å²) in [4.78, 5) is 43.8. The van der Waals surface area contributed by atoms with Crippen molar-refractivity contribution in [3.05, 3.63) is 66.2 Å². The molecule has 0 unspecified atom stereocenters. The lowest BCUT2D eigenvalue weighted by Crippen LogP contribution is -2.28. The Hall–Kier alpha value is -4.44. The number of hydrogen-bond acceptors (Lipinski definition) is 8. The van der Waals surface area contributed by atoms with Gasteiger partial charge in [-0.25, -0.2) is 4.98 Å². The van der Waals surface area contributed by atoms with Crippen LogP contribution in [0.15, 0.2) is 60.7 Å². The second kappa shape index (κ2) is 10.4. The molecule has 9 nitrogen and oxygen atoms in total. The molecule has 4 aromatic rings. The lowest BCUT2D eigenvalue weighted by atomic mass is 10.1. The first-order valence-corrected chi connectivity index (χ1v) is 13.4. The monoisotopic (exact) mass is 543 g/mol. The maximum absolute atomic E-state index is 12.6. The van der Waals surface area contributed by atoms with E-state index in [4.69, 9.17) is 14.2 Å². The van der Waals surface area contributed by atoms with Gasteiger partial charge in [0.15, 0.2) is 18.1 Å². The van der Waals surface area contributed by atoms with Gasteiger partial charge in [0, 0.05) is 36.0 Å². The number of nitrogens with one attached hydrogen (secondary N) is 1. The van der Waals surface area contributed by atoms with E-state index in [1.165, 1.54) is 10.5 Å². The van der Waals surface area contributed by atoms with E-state index >= 15 is 0 Å². The number of hydrogen-bond donors (Lipinski definition) is 1. The van der Waals surface area contributed by atoms with Gasteiger partial charge < -0.3 is 24.4 Å². The van der Waals surface area contributed by atoms with Crippen LogP contribution in [-0.2, 0) is 19.1 Å². The minimum atomic E-state index is -0.657. The first-order chi connectivity index (χ1) is 18.9. The molecule has 3 aromatic carbocycles. The molecule has 0 spiro atoms. The van der Waals surface area contributed by atoms with E-state index in [0.717, 1.165) is 20.8 Å². The van der Waals surface area contributed by atoms with E-state index < -0.39 is 24.4 Å². The van der Waals surface area contributed by atoms with Gasteiger partial charge in [0.2, 0.25) is 5.91 Å². The lowest BCUT2D eigenvalue weighted by molar-refractivity contribution is -0.151. The average molecular weight is 544 g/mol. The lowest BCUT2D eigenvalue weighted by Gasteiger charge is -2.22. The number of aryl methyl sites for hydroxylation is 1. The Bertz CT molecular complexity index is 1580. The van der Waals surface area contributed by atoms with Gasteiger partial charge in [-0.15, -0.1) is 11.3 Å². The third-order valence-corrected chi connectivity index (χ3v) is 7.67. The normalized spacial score (nSPS) is 16.4. The number of aromatic nitrogens is 1. The van der Waals surface area contributed by atoms with Crippen LogP contribution >= 0.6 is 11.3 Å². The van der Waals surface area contributed by atoms with E-state index in [1.54, 1.807) is 41.7 Å². The first kappa shape index (κ1) is 24.9. The number of nitrogens with zero attached hydrogens (tertiary/aromatic N) is 2. The van der Waals surface area contributed by atoms with Crippen LogP contribution in [0.3, 0.4) is 0 Å². The second-order valence-corrected chi connectivity index (χ2v) is 10.5. The molecule has 6 rings (SSSR count). The molecule has 0 bridgehead atoms. The summed E-state index contributed by atoms with van der Waals surface area (Å²) in [5, 5.41) is 3.64. The van der Waals surface area contributed by atoms with Crippen LogP contribution in [-0.4, -0.2) is 49.1 Å². The van der Waals surface area contributed by atoms with E-state index in [0.29, 0.717) is 36.1 Å². The number of rotatable bonds is 6. The minimum Gasteiger partial charge on any atom is -0.486 e. The predicted octanol–water partition coefficient (Wildman–Crippen LogP) is 4.58. The maximum atomic E-state index is 12.6. The number of ether oxygens (including phenoxy) is 3. The molecule has 1 saturated heterocycles. The zero-order valence-corrected chi connectivity index (χ0v) is 22.0. The molecule has 0 saturated carbocycles. The number of carbonyl (C=O) groups excluding carboxylic acids is 3. The van der Waals surface area contributed by atoms with Crippen LogP contribution in [0.4, 0.5) is 11.4 Å². The molecule has 2 aliphatic rings. The van der Waals surface area contributed by atoms with E-state index in [2.05, 4.69) is 23.3 Å². The van der Waals surface area contributed by atoms with Gasteiger partial charge >= 0.3 is 5.97 Å². The first-order valence-electron chi connectivity index (χ1n) is 12.6. The van der Waals surface area contributed by atoms with Crippen LogP contribution in [0.5, 0.6) is 11.5 Å². The molecular formula is C29H25N3O6S. The van der Waals surface area contributed by atoms with Gasteiger partial charge in [-0.1, -0.05) is 6.07 Å². The van der Waals surface area contributed by atoms with Gasteiger partial charge in [-0.3, -0.25) is 14.4 Å². The number of benzene rings is 3. The summed E-state index contributed by atoms with van der Waals surface area (Å²) < 4.78 is 17.5. The molecule has 1 fully saturated rings. The molecule has 2 amide bonds. The number of amides is 2. The summed E-state index contributed by atoms with van der Waals surface area (Å²) in [6, 6.07) is 18.8. The van der Waals surface area contributed by atoms with Crippen molar-refractivity contribution >= 4 is 50.7 Å². The van der Waals surface area contributed by atoms with Crippen LogP contribution < -0.4 is 19.7 Å². The molecule has 10 heteroatoms. The molecule has 198 valence electrons. The summed E-state index contributed by atoms with van der Waals surface area (Å²) in [5.41, 5.74) is 4.30. The van der Waals surface area contributed by atoms with Gasteiger partial charge in [-0.05, 0) is 61.0 Å². The number of esters is 1. The van der Waals surface area contributed by atoms with Gasteiger partial charge in [-0.2, -0.15) is 0 Å². The number of anilines is 2. The summed E-state index contributed by atoms with van der Waals surface area (Å²) >= 11 is 1.62. The second-order valence-electron chi connectivity index (χ2n) is 9.46. The fourth-order valence-electron chi connectivity index (χ4n) is 4.62. The zero-order chi connectivity index (χ0) is 26.9. The fourth-order valence-corrected chi connectivity index (χ4v) is 5.69. The Morgan fingerprint density at radius 1 is 1.05 bits per heavy atom. The van der Waals surface area contributed by atoms with Crippen molar-refractivity contribution < 1.29 is 28.6 Å². The van der Waals surface area contributed by atoms with Gasteiger partial charge in [0.25, 0.3) is 5.91 Å². The van der Waals surface area contributed by atoms with Crippen molar-refractivity contribution in [2.75, 3.05) is 36.6 Å². The van der Waals surface area contributed by atoms with Crippen LogP contribution in [0.25, 0.3) is 20.8 Å². The Kier molecular flexibility index (Phi) is 6.62. The number of thiazole rings is 1. The molecule has 2 aliphatic heterocycles. The molecule has 1 atom stereocenters. The Morgan fingerprint density at radius 2 is 1.85 bits per heavy atom.